The van der Waals surface area contributed by atoms with E-state index in [1.807, 2.05) is 0 Å². The van der Waals surface area contributed by atoms with E-state index in [1.165, 1.54) is 46.8 Å². The van der Waals surface area contributed by atoms with Crippen LogP contribution >= 0.6 is 11.6 Å². The average molecular weight is 506 g/mol. The Bertz CT molecular complexity index is 1520. The Morgan fingerprint density at radius 2 is 1.91 bits per heavy atom. The van der Waals surface area contributed by atoms with E-state index in [9.17, 15) is 22.8 Å². The maximum absolute atomic E-state index is 13.1. The SMILES string of the molecule is COc1cn(-c2cc3n(n2)C(=O)NCC3)c(=O)cc1-c1cc(Cl)ccc1-n1cc(C(F)(F)F)nn1. The molecule has 4 aromatic rings. The lowest BCUT2D eigenvalue weighted by Crippen LogP contribution is -2.37. The van der Waals surface area contributed by atoms with Gasteiger partial charge in [0.15, 0.2) is 11.5 Å². The molecule has 1 N–H and O–H groups in total. The molecule has 1 aliphatic rings. The van der Waals surface area contributed by atoms with Crippen molar-refractivity contribution < 1.29 is 22.7 Å². The Morgan fingerprint density at radius 1 is 1.11 bits per heavy atom. The number of alkyl halides is 3. The Balaban J connectivity index is 1.65. The molecular weight excluding hydrogens is 491 g/mol. The molecule has 0 unspecified atom stereocenters. The first-order chi connectivity index (χ1) is 16.7. The lowest BCUT2D eigenvalue weighted by molar-refractivity contribution is -0.141. The summed E-state index contributed by atoms with van der Waals surface area (Å²) in [5.74, 6) is 0.420. The van der Waals surface area contributed by atoms with Crippen LogP contribution in [0.15, 0.2) is 47.5 Å². The van der Waals surface area contributed by atoms with Crippen molar-refractivity contribution in [1.29, 1.82) is 0 Å². The molecule has 0 radical (unpaired) electrons. The Labute approximate surface area is 199 Å². The van der Waals surface area contributed by atoms with E-state index in [2.05, 4.69) is 20.7 Å². The Hall–Kier alpha value is -4.13. The molecule has 1 amide bonds. The van der Waals surface area contributed by atoms with E-state index in [0.29, 0.717) is 24.2 Å². The zero-order chi connectivity index (χ0) is 24.9. The van der Waals surface area contributed by atoms with Crippen LogP contribution in [0.4, 0.5) is 18.0 Å². The fourth-order valence-electron chi connectivity index (χ4n) is 3.75. The van der Waals surface area contributed by atoms with Crippen LogP contribution in [0.25, 0.3) is 22.6 Å². The molecule has 0 atom stereocenters. The van der Waals surface area contributed by atoms with Crippen molar-refractivity contribution in [2.45, 2.75) is 12.6 Å². The molecule has 14 heteroatoms. The van der Waals surface area contributed by atoms with E-state index < -0.39 is 23.5 Å². The quantitative estimate of drug-likeness (QED) is 0.456. The summed E-state index contributed by atoms with van der Waals surface area (Å²) in [6.45, 7) is 0.455. The minimum absolute atomic E-state index is 0.196. The predicted octanol–water partition coefficient (Wildman–Crippen LogP) is 3.08. The minimum atomic E-state index is -4.68. The van der Waals surface area contributed by atoms with Crippen molar-refractivity contribution in [1.82, 2.24) is 34.7 Å². The molecule has 10 nitrogen and oxygen atoms in total. The van der Waals surface area contributed by atoms with Gasteiger partial charge in [-0.1, -0.05) is 16.8 Å². The molecule has 0 bridgehead atoms. The first-order valence-electron chi connectivity index (χ1n) is 10.1. The van der Waals surface area contributed by atoms with Gasteiger partial charge in [-0.25, -0.2) is 9.48 Å². The van der Waals surface area contributed by atoms with Crippen molar-refractivity contribution in [2.24, 2.45) is 0 Å². The molecule has 0 spiro atoms. The van der Waals surface area contributed by atoms with Crippen LogP contribution in [-0.2, 0) is 12.6 Å². The second-order valence-electron chi connectivity index (χ2n) is 7.56. The fourth-order valence-corrected chi connectivity index (χ4v) is 3.92. The van der Waals surface area contributed by atoms with E-state index in [1.54, 1.807) is 6.07 Å². The number of nitrogens with zero attached hydrogens (tertiary/aromatic N) is 6. The van der Waals surface area contributed by atoms with Gasteiger partial charge >= 0.3 is 12.2 Å². The number of aromatic nitrogens is 6. The van der Waals surface area contributed by atoms with Crippen LogP contribution in [0.2, 0.25) is 5.02 Å². The van der Waals surface area contributed by atoms with Gasteiger partial charge in [-0.3, -0.25) is 9.36 Å². The monoisotopic (exact) mass is 505 g/mol. The predicted molar refractivity (Wildman–Crippen MR) is 117 cm³/mol. The van der Waals surface area contributed by atoms with Crippen LogP contribution in [0.3, 0.4) is 0 Å². The molecule has 0 saturated heterocycles. The number of rotatable bonds is 4. The number of amides is 1. The van der Waals surface area contributed by atoms with Gasteiger partial charge in [0.25, 0.3) is 5.56 Å². The van der Waals surface area contributed by atoms with Gasteiger partial charge in [0.2, 0.25) is 0 Å². The van der Waals surface area contributed by atoms with Gasteiger partial charge in [-0.05, 0) is 18.2 Å². The summed E-state index contributed by atoms with van der Waals surface area (Å²) in [5, 5.41) is 13.9. The maximum atomic E-state index is 13.1. The highest BCUT2D eigenvalue weighted by molar-refractivity contribution is 6.31. The largest absolute Gasteiger partial charge is 0.495 e. The van der Waals surface area contributed by atoms with Crippen molar-refractivity contribution in [3.63, 3.8) is 0 Å². The van der Waals surface area contributed by atoms with Gasteiger partial charge < -0.3 is 10.1 Å². The molecule has 1 aliphatic heterocycles. The second kappa shape index (κ2) is 8.27. The highest BCUT2D eigenvalue weighted by Crippen LogP contribution is 2.36. The van der Waals surface area contributed by atoms with Crippen molar-refractivity contribution in [2.75, 3.05) is 13.7 Å². The summed E-state index contributed by atoms with van der Waals surface area (Å²) < 4.78 is 48.0. The number of methoxy groups -OCH3 is 1. The van der Waals surface area contributed by atoms with Gasteiger partial charge in [-0.15, -0.1) is 10.2 Å². The highest BCUT2D eigenvalue weighted by Gasteiger charge is 2.35. The van der Waals surface area contributed by atoms with Gasteiger partial charge in [-0.2, -0.15) is 17.9 Å². The van der Waals surface area contributed by atoms with Gasteiger partial charge in [0, 0.05) is 41.2 Å². The molecule has 0 fully saturated rings. The lowest BCUT2D eigenvalue weighted by Gasteiger charge is -2.15. The van der Waals surface area contributed by atoms with Crippen LogP contribution < -0.4 is 15.6 Å². The fraction of sp³-hybridized carbons (Fsp3) is 0.190. The molecule has 5 rings (SSSR count). The third kappa shape index (κ3) is 4.03. The molecule has 35 heavy (non-hydrogen) atoms. The number of fused-ring (bicyclic) bond motifs is 1. The van der Waals surface area contributed by atoms with E-state index >= 15 is 0 Å². The van der Waals surface area contributed by atoms with Crippen LogP contribution in [0, 0.1) is 0 Å². The standard InChI is InChI=1S/C21H15ClF3N7O3/c1-35-16-9-30(18-7-12-4-5-26-20(34)32(12)28-18)19(33)8-14(16)13-6-11(22)2-3-15(13)31-10-17(27-29-31)21(23,24)25/h2-3,6-10H,4-5H2,1H3,(H,26,34). The third-order valence-electron chi connectivity index (χ3n) is 5.38. The number of ether oxygens (including phenoxy) is 1. The summed E-state index contributed by atoms with van der Waals surface area (Å²) >= 11 is 6.17. The maximum Gasteiger partial charge on any atom is 0.436 e. The van der Waals surface area contributed by atoms with Crippen molar-refractivity contribution >= 4 is 17.6 Å². The average Bonchev–Trinajstić information content (AvgIpc) is 3.47. The second-order valence-corrected chi connectivity index (χ2v) is 8.00. The van der Waals surface area contributed by atoms with Crippen molar-refractivity contribution in [3.8, 4) is 28.4 Å². The Kier molecular flexibility index (Phi) is 5.35. The molecule has 3 aromatic heterocycles. The number of carbonyl (C=O) groups is 1. The number of hydrogen-bond donors (Lipinski definition) is 1. The van der Waals surface area contributed by atoms with Crippen LogP contribution in [-0.4, -0.2) is 49.0 Å². The number of hydrogen-bond acceptors (Lipinski definition) is 6. The molecule has 4 heterocycles. The van der Waals surface area contributed by atoms with E-state index in [-0.39, 0.29) is 27.8 Å². The number of benzene rings is 1. The zero-order valence-electron chi connectivity index (χ0n) is 17.9. The summed E-state index contributed by atoms with van der Waals surface area (Å²) in [6, 6.07) is 6.88. The van der Waals surface area contributed by atoms with E-state index in [0.717, 1.165) is 10.9 Å². The molecule has 0 aliphatic carbocycles. The first kappa shape index (κ1) is 22.7. The summed E-state index contributed by atoms with van der Waals surface area (Å²) in [4.78, 5) is 25.1. The Morgan fingerprint density at radius 3 is 2.60 bits per heavy atom. The highest BCUT2D eigenvalue weighted by atomic mass is 35.5. The molecule has 1 aromatic carbocycles. The van der Waals surface area contributed by atoms with Gasteiger partial charge in [0.1, 0.15) is 5.75 Å². The first-order valence-corrected chi connectivity index (χ1v) is 10.5. The number of pyridine rings is 1. The number of carbonyl (C=O) groups excluding carboxylic acids is 1. The van der Waals surface area contributed by atoms with Gasteiger partial charge in [0.05, 0.1) is 30.9 Å². The minimum Gasteiger partial charge on any atom is -0.495 e. The molecular formula is C21H15ClF3N7O3. The summed E-state index contributed by atoms with van der Waals surface area (Å²) in [6.07, 6.45) is -2.01. The number of nitrogens with one attached hydrogen (secondary N) is 1. The summed E-state index contributed by atoms with van der Waals surface area (Å²) in [5.41, 5.74) is -0.298. The number of halogens is 4. The van der Waals surface area contributed by atoms with Crippen molar-refractivity contribution in [3.05, 3.63) is 69.5 Å². The zero-order valence-corrected chi connectivity index (χ0v) is 18.6. The van der Waals surface area contributed by atoms with E-state index in [4.69, 9.17) is 16.3 Å². The third-order valence-corrected chi connectivity index (χ3v) is 5.62. The topological polar surface area (TPSA) is 109 Å². The normalized spacial score (nSPS) is 13.5. The summed E-state index contributed by atoms with van der Waals surface area (Å²) in [7, 11) is 1.38. The smallest absolute Gasteiger partial charge is 0.436 e. The lowest BCUT2D eigenvalue weighted by atomic mass is 10.0. The van der Waals surface area contributed by atoms with Crippen LogP contribution in [0.1, 0.15) is 11.4 Å². The van der Waals surface area contributed by atoms with Crippen LogP contribution in [0.5, 0.6) is 5.75 Å². The molecule has 180 valence electrons. The molecule has 0 saturated carbocycles.